The van der Waals surface area contributed by atoms with Crippen molar-refractivity contribution in [3.63, 3.8) is 0 Å². The minimum atomic E-state index is -0.226. The second kappa shape index (κ2) is 24.5. The van der Waals surface area contributed by atoms with Gasteiger partial charge in [0, 0.05) is 22.9 Å². The number of aromatic amines is 2. The highest BCUT2D eigenvalue weighted by atomic mass is 16.1. The molecule has 16 heteroatoms. The average Bonchev–Trinajstić information content (AvgIpc) is 3.97. The van der Waals surface area contributed by atoms with Crippen molar-refractivity contribution in [2.75, 3.05) is 10.6 Å². The number of nitrogens with one attached hydrogen (secondary N) is 4. The minimum absolute atomic E-state index is 0.182. The van der Waals surface area contributed by atoms with Crippen LogP contribution in [0, 0.1) is 0 Å². The number of rotatable bonds is 9. The molecular weight excluding hydrogens is 817 g/mol. The highest BCUT2D eigenvalue weighted by Gasteiger charge is 2.14. The molecule has 0 aliphatic rings. The first kappa shape index (κ1) is 47.9. The number of anilines is 2. The first-order valence-electron chi connectivity index (χ1n) is 22.0. The molecule has 0 aliphatic heterocycles. The summed E-state index contributed by atoms with van der Waals surface area (Å²) in [6, 6.07) is 37.7. The van der Waals surface area contributed by atoms with Crippen molar-refractivity contribution >= 4 is 55.5 Å². The fourth-order valence-corrected chi connectivity index (χ4v) is 6.41. The topological polar surface area (TPSA) is 203 Å². The average molecular weight is 873 g/mol. The standard InChI is InChI=1S/C21H17N7O.C20H15N7O.4C2H6/c29-19-10-17-20(27-28(19)12-14-6-2-1-3-7-14)21(26-25-17)22-11-18-15-8-4-5-9-16(15)23-13-24-18;28-18-10-16-19(26-27(18)13-6-2-1-3-7-13)20(25-24-16)21-11-17-14-8-4-5-9-15(14)22-12-23-17;4*1-2/h1-10,13,25H,11-12H2,(H,22,26);1-10,12,24H,11H2,(H,21,25);4*1-2H3. The van der Waals surface area contributed by atoms with Crippen molar-refractivity contribution in [1.82, 2.24) is 59.9 Å². The number of H-pyrrole nitrogens is 2. The number of para-hydroxylation sites is 3. The van der Waals surface area contributed by atoms with Gasteiger partial charge in [-0.25, -0.2) is 24.6 Å². The Labute approximate surface area is 377 Å². The van der Waals surface area contributed by atoms with E-state index in [2.05, 4.69) is 61.2 Å². The predicted octanol–water partition coefficient (Wildman–Crippen LogP) is 9.49. The third-order valence-electron chi connectivity index (χ3n) is 9.23. The van der Waals surface area contributed by atoms with Crippen LogP contribution in [0.4, 0.5) is 11.6 Å². The maximum absolute atomic E-state index is 12.4. The molecule has 0 atom stereocenters. The summed E-state index contributed by atoms with van der Waals surface area (Å²) < 4.78 is 2.81. The van der Waals surface area contributed by atoms with Crippen LogP contribution in [0.2, 0.25) is 0 Å². The van der Waals surface area contributed by atoms with E-state index in [0.29, 0.717) is 59.0 Å². The van der Waals surface area contributed by atoms with Gasteiger partial charge in [0.1, 0.15) is 12.7 Å². The first-order valence-corrected chi connectivity index (χ1v) is 22.0. The highest BCUT2D eigenvalue weighted by Crippen LogP contribution is 2.21. The fourth-order valence-electron chi connectivity index (χ4n) is 6.41. The number of benzene rings is 4. The van der Waals surface area contributed by atoms with Gasteiger partial charge in [0.25, 0.3) is 11.1 Å². The van der Waals surface area contributed by atoms with E-state index in [-0.39, 0.29) is 11.1 Å². The summed E-state index contributed by atoms with van der Waals surface area (Å²) in [5, 5.41) is 31.8. The summed E-state index contributed by atoms with van der Waals surface area (Å²) in [5.74, 6) is 1.13. The third-order valence-corrected chi connectivity index (χ3v) is 9.23. The summed E-state index contributed by atoms with van der Waals surface area (Å²) in [6.45, 7) is 17.3. The van der Waals surface area contributed by atoms with Crippen molar-refractivity contribution in [3.05, 3.63) is 172 Å². The van der Waals surface area contributed by atoms with Crippen molar-refractivity contribution in [3.8, 4) is 5.69 Å². The Morgan fingerprint density at radius 2 is 0.954 bits per heavy atom. The molecule has 65 heavy (non-hydrogen) atoms. The zero-order valence-electron chi connectivity index (χ0n) is 38.1. The van der Waals surface area contributed by atoms with Gasteiger partial charge in [-0.15, -0.1) is 0 Å². The van der Waals surface area contributed by atoms with Gasteiger partial charge in [0.15, 0.2) is 22.7 Å². The molecule has 0 saturated heterocycles. The smallest absolute Gasteiger partial charge is 0.273 e. The van der Waals surface area contributed by atoms with E-state index in [1.54, 1.807) is 12.7 Å². The summed E-state index contributed by atoms with van der Waals surface area (Å²) in [6.07, 6.45) is 3.10. The Kier molecular flexibility index (Phi) is 18.0. The maximum atomic E-state index is 12.4. The van der Waals surface area contributed by atoms with Gasteiger partial charge in [-0.3, -0.25) is 19.8 Å². The molecule has 0 bridgehead atoms. The van der Waals surface area contributed by atoms with Gasteiger partial charge >= 0.3 is 0 Å². The van der Waals surface area contributed by atoms with Crippen LogP contribution in [0.15, 0.2) is 144 Å². The lowest BCUT2D eigenvalue weighted by molar-refractivity contribution is 0.653. The van der Waals surface area contributed by atoms with E-state index in [4.69, 9.17) is 0 Å². The molecule has 0 unspecified atom stereocenters. The molecule has 0 aliphatic carbocycles. The van der Waals surface area contributed by atoms with E-state index in [1.807, 2.05) is 165 Å². The molecule has 0 fully saturated rings. The molecule has 6 heterocycles. The minimum Gasteiger partial charge on any atom is -0.361 e. The largest absolute Gasteiger partial charge is 0.361 e. The van der Waals surface area contributed by atoms with Crippen LogP contribution in [0.1, 0.15) is 72.3 Å². The molecule has 4 N–H and O–H groups in total. The van der Waals surface area contributed by atoms with Crippen LogP contribution in [0.25, 0.3) is 49.6 Å². The molecule has 16 nitrogen and oxygen atoms in total. The van der Waals surface area contributed by atoms with Crippen molar-refractivity contribution < 1.29 is 0 Å². The summed E-state index contributed by atoms with van der Waals surface area (Å²) in [7, 11) is 0. The van der Waals surface area contributed by atoms with Crippen LogP contribution in [-0.4, -0.2) is 59.9 Å². The Bertz CT molecular complexity index is 3120. The lowest BCUT2D eigenvalue weighted by Gasteiger charge is -2.07. The zero-order chi connectivity index (χ0) is 46.6. The molecule has 0 amide bonds. The molecule has 0 spiro atoms. The monoisotopic (exact) mass is 872 g/mol. The molecular formula is C49H56N14O2. The first-order chi connectivity index (χ1) is 32.1. The number of hydrogen-bond donors (Lipinski definition) is 4. The van der Waals surface area contributed by atoms with Gasteiger partial charge in [-0.2, -0.15) is 25.1 Å². The van der Waals surface area contributed by atoms with Crippen molar-refractivity contribution in [1.29, 1.82) is 0 Å². The fraction of sp³-hybridized carbons (Fsp3) is 0.224. The number of aromatic nitrogens is 12. The molecule has 334 valence electrons. The SMILES string of the molecule is CC.CC.CC.CC.O=c1cc2[nH]nc(NCc3ncnc4ccccc34)c2nn1-c1ccccc1.O=c1cc2[nH]nc(NCc3ncnc4ccccc34)c2nn1Cc1ccccc1. The second-order valence-electron chi connectivity index (χ2n) is 12.9. The third kappa shape index (κ3) is 11.7. The van der Waals surface area contributed by atoms with Crippen LogP contribution < -0.4 is 21.8 Å². The van der Waals surface area contributed by atoms with Crippen LogP contribution in [0.3, 0.4) is 0 Å². The maximum Gasteiger partial charge on any atom is 0.273 e. The van der Waals surface area contributed by atoms with Crippen molar-refractivity contribution in [2.24, 2.45) is 0 Å². The molecule has 4 aromatic carbocycles. The number of hydrogen-bond acceptors (Lipinski definition) is 12. The van der Waals surface area contributed by atoms with E-state index in [0.717, 1.165) is 38.8 Å². The summed E-state index contributed by atoms with van der Waals surface area (Å²) in [4.78, 5) is 42.1. The van der Waals surface area contributed by atoms with E-state index < -0.39 is 0 Å². The van der Waals surface area contributed by atoms with Crippen LogP contribution in [-0.2, 0) is 19.6 Å². The Balaban J connectivity index is 0.000000212. The van der Waals surface area contributed by atoms with Gasteiger partial charge in [0.2, 0.25) is 0 Å². The van der Waals surface area contributed by atoms with Gasteiger partial charge < -0.3 is 10.6 Å². The lowest BCUT2D eigenvalue weighted by Crippen LogP contribution is -2.22. The van der Waals surface area contributed by atoms with Gasteiger partial charge in [0.05, 0.1) is 58.8 Å². The van der Waals surface area contributed by atoms with Gasteiger partial charge in [-0.05, 0) is 29.8 Å². The van der Waals surface area contributed by atoms with E-state index >= 15 is 0 Å². The quantitative estimate of drug-likeness (QED) is 0.107. The number of fused-ring (bicyclic) bond motifs is 4. The summed E-state index contributed by atoms with van der Waals surface area (Å²) >= 11 is 0. The Hall–Kier alpha value is -8.14. The van der Waals surface area contributed by atoms with Gasteiger partial charge in [-0.1, -0.05) is 140 Å². The van der Waals surface area contributed by atoms with Crippen LogP contribution >= 0.6 is 0 Å². The zero-order valence-corrected chi connectivity index (χ0v) is 38.1. The molecule has 10 rings (SSSR count). The normalized spacial score (nSPS) is 10.2. The van der Waals surface area contributed by atoms with E-state index in [1.165, 1.54) is 21.5 Å². The highest BCUT2D eigenvalue weighted by molar-refractivity contribution is 5.87. The molecule has 0 saturated carbocycles. The number of nitrogens with zero attached hydrogens (tertiary/aromatic N) is 10. The lowest BCUT2D eigenvalue weighted by atomic mass is 10.2. The predicted molar refractivity (Wildman–Crippen MR) is 262 cm³/mol. The van der Waals surface area contributed by atoms with Crippen molar-refractivity contribution in [2.45, 2.75) is 75.0 Å². The second-order valence-corrected chi connectivity index (χ2v) is 12.9. The van der Waals surface area contributed by atoms with E-state index in [9.17, 15) is 9.59 Å². The molecule has 6 aromatic heterocycles. The Morgan fingerprint density at radius 3 is 1.48 bits per heavy atom. The summed E-state index contributed by atoms with van der Waals surface area (Å²) in [5.41, 5.74) is 7.16. The molecule has 10 aromatic rings. The van der Waals surface area contributed by atoms with Crippen LogP contribution in [0.5, 0.6) is 0 Å². The Morgan fingerprint density at radius 1 is 0.508 bits per heavy atom. The molecule has 0 radical (unpaired) electrons.